The fourth-order valence-corrected chi connectivity index (χ4v) is 2.87. The predicted molar refractivity (Wildman–Crippen MR) is 99.9 cm³/mol. The van der Waals surface area contributed by atoms with Gasteiger partial charge < -0.3 is 9.47 Å². The molecule has 0 N–H and O–H groups in total. The van der Waals surface area contributed by atoms with E-state index in [4.69, 9.17) is 9.47 Å². The highest BCUT2D eigenvalue weighted by atomic mass is 16.5. The molecule has 0 radical (unpaired) electrons. The maximum absolute atomic E-state index is 12.6. The quantitative estimate of drug-likeness (QED) is 0.648. The van der Waals surface area contributed by atoms with Crippen LogP contribution in [0.1, 0.15) is 32.7 Å². The third-order valence-electron chi connectivity index (χ3n) is 4.16. The molecule has 0 spiro atoms. The van der Waals surface area contributed by atoms with Crippen molar-refractivity contribution in [3.63, 3.8) is 0 Å². The Hall–Kier alpha value is -2.92. The van der Waals surface area contributed by atoms with Gasteiger partial charge in [0.2, 0.25) is 5.88 Å². The smallest absolute Gasteiger partial charge is 0.345 e. The standard InChI is InChI=1S/C21H22N2O3/c1-14-9-10-19(16(3)11-14)23-20(12-17(22-23)13-25-4)26-21(24)18-8-6-5-7-15(18)2/h5-12H,13H2,1-4H3. The van der Waals surface area contributed by atoms with Gasteiger partial charge in [0.05, 0.1) is 23.6 Å². The summed E-state index contributed by atoms with van der Waals surface area (Å²) in [7, 11) is 1.61. The average Bonchev–Trinajstić information content (AvgIpc) is 2.97. The first-order chi connectivity index (χ1) is 12.5. The largest absolute Gasteiger partial charge is 0.404 e. The summed E-state index contributed by atoms with van der Waals surface area (Å²) in [6, 6.07) is 15.1. The van der Waals surface area contributed by atoms with Crippen molar-refractivity contribution in [1.82, 2.24) is 9.78 Å². The molecule has 1 aromatic heterocycles. The van der Waals surface area contributed by atoms with E-state index >= 15 is 0 Å². The summed E-state index contributed by atoms with van der Waals surface area (Å²) in [6.07, 6.45) is 0. The van der Waals surface area contributed by atoms with Gasteiger partial charge in [-0.25, -0.2) is 4.79 Å². The van der Waals surface area contributed by atoms with Gasteiger partial charge in [-0.3, -0.25) is 0 Å². The van der Waals surface area contributed by atoms with Gasteiger partial charge in [-0.1, -0.05) is 35.9 Å². The van der Waals surface area contributed by atoms with Gasteiger partial charge >= 0.3 is 5.97 Å². The molecule has 5 nitrogen and oxygen atoms in total. The Labute approximate surface area is 153 Å². The summed E-state index contributed by atoms with van der Waals surface area (Å²) in [5, 5.41) is 4.54. The number of ether oxygens (including phenoxy) is 2. The molecule has 26 heavy (non-hydrogen) atoms. The molecular weight excluding hydrogens is 328 g/mol. The summed E-state index contributed by atoms with van der Waals surface area (Å²) < 4.78 is 12.5. The van der Waals surface area contributed by atoms with Gasteiger partial charge in [-0.2, -0.15) is 9.78 Å². The highest BCUT2D eigenvalue weighted by molar-refractivity contribution is 5.92. The van der Waals surface area contributed by atoms with E-state index in [2.05, 4.69) is 11.2 Å². The number of rotatable bonds is 5. The van der Waals surface area contributed by atoms with E-state index in [1.54, 1.807) is 23.9 Å². The van der Waals surface area contributed by atoms with Gasteiger partial charge in [0.1, 0.15) is 0 Å². The van der Waals surface area contributed by atoms with Crippen molar-refractivity contribution in [2.75, 3.05) is 7.11 Å². The zero-order chi connectivity index (χ0) is 18.7. The SMILES string of the molecule is COCc1cc(OC(=O)c2ccccc2C)n(-c2ccc(C)cc2C)n1. The Morgan fingerprint density at radius 1 is 1.04 bits per heavy atom. The van der Waals surface area contributed by atoms with Gasteiger partial charge in [0.15, 0.2) is 0 Å². The summed E-state index contributed by atoms with van der Waals surface area (Å²) in [5.74, 6) is -0.0322. The molecule has 5 heteroatoms. The van der Waals surface area contributed by atoms with Crippen LogP contribution in [0.4, 0.5) is 0 Å². The molecule has 0 saturated carbocycles. The maximum atomic E-state index is 12.6. The van der Waals surface area contributed by atoms with Crippen LogP contribution in [-0.2, 0) is 11.3 Å². The summed E-state index contributed by atoms with van der Waals surface area (Å²) in [5.41, 5.74) is 5.17. The number of carbonyl (C=O) groups is 1. The molecule has 0 saturated heterocycles. The molecule has 0 aliphatic heterocycles. The van der Waals surface area contributed by atoms with E-state index in [1.165, 1.54) is 0 Å². The molecule has 1 heterocycles. The van der Waals surface area contributed by atoms with Crippen molar-refractivity contribution in [2.45, 2.75) is 27.4 Å². The molecule has 3 aromatic rings. The molecule has 0 fully saturated rings. The van der Waals surface area contributed by atoms with E-state index < -0.39 is 5.97 Å². The second-order valence-corrected chi connectivity index (χ2v) is 6.31. The van der Waals surface area contributed by atoms with E-state index in [1.807, 2.05) is 51.1 Å². The molecule has 0 aliphatic rings. The predicted octanol–water partition coefficient (Wildman–Crippen LogP) is 4.16. The number of aryl methyl sites for hydroxylation is 3. The Kier molecular flexibility index (Phi) is 5.19. The van der Waals surface area contributed by atoms with E-state index in [-0.39, 0.29) is 0 Å². The number of hydrogen-bond donors (Lipinski definition) is 0. The lowest BCUT2D eigenvalue weighted by molar-refractivity contribution is 0.0722. The summed E-state index contributed by atoms with van der Waals surface area (Å²) in [6.45, 7) is 6.27. The highest BCUT2D eigenvalue weighted by Crippen LogP contribution is 2.24. The Morgan fingerprint density at radius 3 is 2.50 bits per heavy atom. The topological polar surface area (TPSA) is 53.4 Å². The average molecular weight is 350 g/mol. The minimum atomic E-state index is -0.405. The zero-order valence-corrected chi connectivity index (χ0v) is 15.4. The number of hydrogen-bond acceptors (Lipinski definition) is 4. The van der Waals surface area contributed by atoms with Gasteiger partial charge in [0, 0.05) is 13.2 Å². The van der Waals surface area contributed by atoms with Gasteiger partial charge in [0.25, 0.3) is 0 Å². The number of aromatic nitrogens is 2. The lowest BCUT2D eigenvalue weighted by atomic mass is 10.1. The molecule has 0 atom stereocenters. The van der Waals surface area contributed by atoms with Crippen LogP contribution in [0.15, 0.2) is 48.5 Å². The van der Waals surface area contributed by atoms with Gasteiger partial charge in [-0.05, 0) is 44.0 Å². The van der Waals surface area contributed by atoms with Crippen LogP contribution in [0.3, 0.4) is 0 Å². The van der Waals surface area contributed by atoms with Crippen LogP contribution < -0.4 is 4.74 Å². The molecule has 0 unspecified atom stereocenters. The normalized spacial score (nSPS) is 10.8. The van der Waals surface area contributed by atoms with Gasteiger partial charge in [-0.15, -0.1) is 0 Å². The first-order valence-electron chi connectivity index (χ1n) is 8.43. The maximum Gasteiger partial charge on any atom is 0.345 e. The lowest BCUT2D eigenvalue weighted by Crippen LogP contribution is -2.13. The molecule has 0 aliphatic carbocycles. The number of carbonyl (C=O) groups excluding carboxylic acids is 1. The summed E-state index contributed by atoms with van der Waals surface area (Å²) in [4.78, 5) is 12.6. The van der Waals surface area contributed by atoms with Crippen molar-refractivity contribution in [3.05, 3.63) is 76.5 Å². The second kappa shape index (κ2) is 7.54. The third kappa shape index (κ3) is 3.68. The minimum absolute atomic E-state index is 0.340. The fourth-order valence-electron chi connectivity index (χ4n) is 2.87. The summed E-state index contributed by atoms with van der Waals surface area (Å²) >= 11 is 0. The van der Waals surface area contributed by atoms with Crippen LogP contribution in [0.25, 0.3) is 5.69 Å². The number of nitrogens with zero attached hydrogens (tertiary/aromatic N) is 2. The van der Waals surface area contributed by atoms with E-state index in [9.17, 15) is 4.79 Å². The number of esters is 1. The molecular formula is C21H22N2O3. The number of methoxy groups -OCH3 is 1. The Balaban J connectivity index is 2.00. The van der Waals surface area contributed by atoms with Crippen molar-refractivity contribution in [2.24, 2.45) is 0 Å². The molecule has 134 valence electrons. The number of benzene rings is 2. The first kappa shape index (κ1) is 17.9. The Morgan fingerprint density at radius 2 is 1.81 bits per heavy atom. The van der Waals surface area contributed by atoms with Crippen LogP contribution in [0.2, 0.25) is 0 Å². The minimum Gasteiger partial charge on any atom is -0.404 e. The molecule has 0 bridgehead atoms. The van der Waals surface area contributed by atoms with Crippen molar-refractivity contribution < 1.29 is 14.3 Å². The van der Waals surface area contributed by atoms with Crippen molar-refractivity contribution in [3.8, 4) is 11.6 Å². The van der Waals surface area contributed by atoms with E-state index in [0.717, 1.165) is 22.4 Å². The third-order valence-corrected chi connectivity index (χ3v) is 4.16. The van der Waals surface area contributed by atoms with Crippen LogP contribution in [-0.4, -0.2) is 22.9 Å². The second-order valence-electron chi connectivity index (χ2n) is 6.31. The van der Waals surface area contributed by atoms with E-state index in [0.29, 0.717) is 23.7 Å². The Bertz CT molecular complexity index is 944. The van der Waals surface area contributed by atoms with Crippen LogP contribution in [0, 0.1) is 20.8 Å². The van der Waals surface area contributed by atoms with Crippen molar-refractivity contribution in [1.29, 1.82) is 0 Å². The molecule has 0 amide bonds. The van der Waals surface area contributed by atoms with Crippen LogP contribution >= 0.6 is 0 Å². The lowest BCUT2D eigenvalue weighted by Gasteiger charge is -2.11. The monoisotopic (exact) mass is 350 g/mol. The molecule has 2 aromatic carbocycles. The van der Waals surface area contributed by atoms with Crippen molar-refractivity contribution >= 4 is 5.97 Å². The zero-order valence-electron chi connectivity index (χ0n) is 15.4. The fraction of sp³-hybridized carbons (Fsp3) is 0.238. The molecule has 3 rings (SSSR count). The highest BCUT2D eigenvalue weighted by Gasteiger charge is 2.18. The first-order valence-corrected chi connectivity index (χ1v) is 8.43. The van der Waals surface area contributed by atoms with Crippen LogP contribution in [0.5, 0.6) is 5.88 Å².